The number of hydrogen-bond acceptors (Lipinski definition) is 6. The quantitative estimate of drug-likeness (QED) is 0.210. The largest absolute Gasteiger partial charge is 0.493 e. The number of anilines is 2. The highest BCUT2D eigenvalue weighted by atomic mass is 35.5. The van der Waals surface area contributed by atoms with E-state index in [-0.39, 0.29) is 0 Å². The highest BCUT2D eigenvalue weighted by molar-refractivity contribution is 6.34. The molecular formula is C30H25ClN4O4. The molecule has 0 saturated carbocycles. The van der Waals surface area contributed by atoms with Gasteiger partial charge in [-0.3, -0.25) is 0 Å². The minimum absolute atomic E-state index is 0.305. The zero-order valence-electron chi connectivity index (χ0n) is 21.3. The highest BCUT2D eigenvalue weighted by Gasteiger charge is 2.14. The molecule has 0 bridgehead atoms. The summed E-state index contributed by atoms with van der Waals surface area (Å²) in [4.78, 5) is 21.1. The number of aryl methyl sites for hydroxylation is 1. The molecule has 4 aromatic carbocycles. The van der Waals surface area contributed by atoms with Crippen LogP contribution in [-0.4, -0.2) is 23.1 Å². The fraction of sp³-hybridized carbons (Fsp3) is 0.100. The van der Waals surface area contributed by atoms with Crippen LogP contribution in [0.3, 0.4) is 0 Å². The zero-order valence-corrected chi connectivity index (χ0v) is 22.0. The average Bonchev–Trinajstić information content (AvgIpc) is 2.95. The summed E-state index contributed by atoms with van der Waals surface area (Å²) in [5.74, 6) is 1.84. The molecule has 2 amide bonds. The molecule has 196 valence electrons. The number of ether oxygens (including phenoxy) is 3. The van der Waals surface area contributed by atoms with Crippen molar-refractivity contribution >= 4 is 39.9 Å². The van der Waals surface area contributed by atoms with E-state index < -0.39 is 6.03 Å². The van der Waals surface area contributed by atoms with E-state index >= 15 is 0 Å². The maximum absolute atomic E-state index is 12.4. The number of methoxy groups -OCH3 is 1. The van der Waals surface area contributed by atoms with Crippen molar-refractivity contribution in [1.82, 2.24) is 9.97 Å². The van der Waals surface area contributed by atoms with E-state index in [1.807, 2.05) is 61.5 Å². The van der Waals surface area contributed by atoms with Gasteiger partial charge in [-0.1, -0.05) is 59.6 Å². The Hall–Kier alpha value is -4.82. The summed E-state index contributed by atoms with van der Waals surface area (Å²) in [6.45, 7) is 2.37. The van der Waals surface area contributed by atoms with E-state index in [9.17, 15) is 4.79 Å². The third kappa shape index (κ3) is 6.37. The van der Waals surface area contributed by atoms with Gasteiger partial charge < -0.3 is 24.8 Å². The molecular weight excluding hydrogens is 516 g/mol. The molecule has 39 heavy (non-hydrogen) atoms. The Kier molecular flexibility index (Phi) is 7.75. The van der Waals surface area contributed by atoms with Crippen LogP contribution in [0.5, 0.6) is 23.1 Å². The highest BCUT2D eigenvalue weighted by Crippen LogP contribution is 2.37. The fourth-order valence-corrected chi connectivity index (χ4v) is 4.04. The Morgan fingerprint density at radius 2 is 1.69 bits per heavy atom. The van der Waals surface area contributed by atoms with Crippen LogP contribution in [0.1, 0.15) is 11.1 Å². The average molecular weight is 541 g/mol. The number of rotatable bonds is 8. The van der Waals surface area contributed by atoms with Crippen molar-refractivity contribution < 1.29 is 19.0 Å². The van der Waals surface area contributed by atoms with Crippen LogP contribution in [0.2, 0.25) is 5.02 Å². The van der Waals surface area contributed by atoms with Crippen molar-refractivity contribution in [2.75, 3.05) is 17.7 Å². The first-order chi connectivity index (χ1) is 19.0. The van der Waals surface area contributed by atoms with Crippen molar-refractivity contribution in [1.29, 1.82) is 0 Å². The summed E-state index contributed by atoms with van der Waals surface area (Å²) in [6.07, 6.45) is 1.41. The number of fused-ring (bicyclic) bond motifs is 1. The number of carbonyl (C=O) groups excluding carboxylic acids is 1. The second-order valence-electron chi connectivity index (χ2n) is 8.66. The van der Waals surface area contributed by atoms with Gasteiger partial charge in [0.1, 0.15) is 18.7 Å². The predicted molar refractivity (Wildman–Crippen MR) is 152 cm³/mol. The lowest BCUT2D eigenvalue weighted by Gasteiger charge is -2.14. The van der Waals surface area contributed by atoms with Gasteiger partial charge >= 0.3 is 6.03 Å². The summed E-state index contributed by atoms with van der Waals surface area (Å²) in [6, 6.07) is 25.5. The van der Waals surface area contributed by atoms with Gasteiger partial charge in [0.15, 0.2) is 11.5 Å². The standard InChI is InChI=1S/C30H25ClN4O4/c1-19-8-10-21(11-9-19)34-30(36)35-25-13-12-22(14-24(25)31)39-29-23-15-27(37-2)28(16-26(23)32-18-33-29)38-17-20-6-4-3-5-7-20/h3-16,18H,17H2,1-2H3,(H2,34,35,36). The van der Waals surface area contributed by atoms with Gasteiger partial charge in [-0.15, -0.1) is 0 Å². The third-order valence-corrected chi connectivity index (χ3v) is 6.15. The number of halogens is 1. The van der Waals surface area contributed by atoms with E-state index in [1.54, 1.807) is 37.4 Å². The molecule has 2 N–H and O–H groups in total. The first-order valence-corrected chi connectivity index (χ1v) is 12.5. The second-order valence-corrected chi connectivity index (χ2v) is 9.07. The molecule has 0 aliphatic carbocycles. The number of nitrogens with one attached hydrogen (secondary N) is 2. The summed E-state index contributed by atoms with van der Waals surface area (Å²) in [5, 5.41) is 6.46. The van der Waals surface area contributed by atoms with E-state index in [0.717, 1.165) is 11.1 Å². The number of aromatic nitrogens is 2. The Morgan fingerprint density at radius 3 is 2.44 bits per heavy atom. The third-order valence-electron chi connectivity index (χ3n) is 5.83. The number of carbonyl (C=O) groups is 1. The van der Waals surface area contributed by atoms with E-state index in [0.29, 0.717) is 57.0 Å². The topological polar surface area (TPSA) is 94.6 Å². The van der Waals surface area contributed by atoms with Crippen molar-refractivity contribution in [2.24, 2.45) is 0 Å². The molecule has 1 aromatic heterocycles. The van der Waals surface area contributed by atoms with Crippen LogP contribution in [0, 0.1) is 6.92 Å². The van der Waals surface area contributed by atoms with Crippen LogP contribution in [-0.2, 0) is 6.61 Å². The predicted octanol–water partition coefficient (Wildman–Crippen LogP) is 7.62. The Morgan fingerprint density at radius 1 is 0.897 bits per heavy atom. The molecule has 0 saturated heterocycles. The lowest BCUT2D eigenvalue weighted by molar-refractivity contribution is 0.262. The Bertz CT molecular complexity index is 1610. The molecule has 9 heteroatoms. The molecule has 5 aromatic rings. The van der Waals surface area contributed by atoms with Crippen molar-refractivity contribution in [3.63, 3.8) is 0 Å². The van der Waals surface area contributed by atoms with Gasteiger partial charge in [0.2, 0.25) is 5.88 Å². The minimum atomic E-state index is -0.409. The Labute approximate surface area is 230 Å². The summed E-state index contributed by atoms with van der Waals surface area (Å²) in [5.41, 5.74) is 3.87. The monoisotopic (exact) mass is 540 g/mol. The van der Waals surface area contributed by atoms with E-state index in [2.05, 4.69) is 20.6 Å². The maximum Gasteiger partial charge on any atom is 0.323 e. The lowest BCUT2D eigenvalue weighted by atomic mass is 10.2. The van der Waals surface area contributed by atoms with E-state index in [1.165, 1.54) is 6.33 Å². The second kappa shape index (κ2) is 11.7. The van der Waals surface area contributed by atoms with Crippen molar-refractivity contribution in [3.05, 3.63) is 107 Å². The molecule has 0 unspecified atom stereocenters. The van der Waals surface area contributed by atoms with Crippen LogP contribution >= 0.6 is 11.6 Å². The maximum atomic E-state index is 12.4. The zero-order chi connectivity index (χ0) is 27.2. The van der Waals surface area contributed by atoms with Gasteiger partial charge in [-0.2, -0.15) is 0 Å². The van der Waals surface area contributed by atoms with Crippen LogP contribution in [0.4, 0.5) is 16.2 Å². The van der Waals surface area contributed by atoms with Crippen molar-refractivity contribution in [3.8, 4) is 23.1 Å². The van der Waals surface area contributed by atoms with E-state index in [4.69, 9.17) is 25.8 Å². The van der Waals surface area contributed by atoms with Gasteiger partial charge in [0.25, 0.3) is 0 Å². The smallest absolute Gasteiger partial charge is 0.323 e. The van der Waals surface area contributed by atoms with Crippen LogP contribution in [0.25, 0.3) is 10.9 Å². The molecule has 0 aliphatic rings. The summed E-state index contributed by atoms with van der Waals surface area (Å²) >= 11 is 6.44. The van der Waals surface area contributed by atoms with Gasteiger partial charge in [-0.25, -0.2) is 14.8 Å². The number of nitrogens with zero attached hydrogens (tertiary/aromatic N) is 2. The normalized spacial score (nSPS) is 10.6. The molecule has 0 spiro atoms. The summed E-state index contributed by atoms with van der Waals surface area (Å²) in [7, 11) is 1.57. The molecule has 0 fully saturated rings. The minimum Gasteiger partial charge on any atom is -0.493 e. The fourth-order valence-electron chi connectivity index (χ4n) is 3.82. The SMILES string of the molecule is COc1cc2c(Oc3ccc(NC(=O)Nc4ccc(C)cc4)c(Cl)c3)ncnc2cc1OCc1ccccc1. The van der Waals surface area contributed by atoms with Gasteiger partial charge in [-0.05, 0) is 42.8 Å². The number of amides is 2. The van der Waals surface area contributed by atoms with Gasteiger partial charge in [0.05, 0.1) is 28.7 Å². The molecule has 1 heterocycles. The first-order valence-electron chi connectivity index (χ1n) is 12.1. The number of benzene rings is 4. The first kappa shape index (κ1) is 25.8. The van der Waals surface area contributed by atoms with Crippen molar-refractivity contribution in [2.45, 2.75) is 13.5 Å². The molecule has 0 aliphatic heterocycles. The summed E-state index contributed by atoms with van der Waals surface area (Å²) < 4.78 is 17.6. The Balaban J connectivity index is 1.31. The number of urea groups is 1. The number of hydrogen-bond donors (Lipinski definition) is 2. The molecule has 8 nitrogen and oxygen atoms in total. The molecule has 0 radical (unpaired) electrons. The lowest BCUT2D eigenvalue weighted by Crippen LogP contribution is -2.19. The van der Waals surface area contributed by atoms with Crippen LogP contribution in [0.15, 0.2) is 91.3 Å². The molecule has 5 rings (SSSR count). The van der Waals surface area contributed by atoms with Crippen LogP contribution < -0.4 is 24.8 Å². The molecule has 0 atom stereocenters. The van der Waals surface area contributed by atoms with Gasteiger partial charge in [0, 0.05) is 17.8 Å².